The van der Waals surface area contributed by atoms with Gasteiger partial charge >= 0.3 is 18.0 Å². The summed E-state index contributed by atoms with van der Waals surface area (Å²) in [5, 5.41) is 13.4. The van der Waals surface area contributed by atoms with Gasteiger partial charge < -0.3 is 25.2 Å². The van der Waals surface area contributed by atoms with Gasteiger partial charge in [0.1, 0.15) is 24.3 Å². The molecule has 0 saturated carbocycles. The van der Waals surface area contributed by atoms with Crippen molar-refractivity contribution in [1.29, 1.82) is 0 Å². The van der Waals surface area contributed by atoms with E-state index < -0.39 is 48.0 Å². The maximum atomic E-state index is 12.3. The molecule has 1 rings (SSSR count). The lowest BCUT2D eigenvalue weighted by Gasteiger charge is -2.24. The zero-order valence-electron chi connectivity index (χ0n) is 16.4. The van der Waals surface area contributed by atoms with Crippen LogP contribution in [-0.4, -0.2) is 46.7 Å². The van der Waals surface area contributed by atoms with Crippen LogP contribution in [0.15, 0.2) is 30.3 Å². The Kier molecular flexibility index (Phi) is 8.43. The van der Waals surface area contributed by atoms with Crippen LogP contribution >= 0.6 is 0 Å². The summed E-state index contributed by atoms with van der Waals surface area (Å²) in [4.78, 5) is 47.2. The highest BCUT2D eigenvalue weighted by molar-refractivity contribution is 5.90. The predicted octanol–water partition coefficient (Wildman–Crippen LogP) is 1.60. The zero-order valence-corrected chi connectivity index (χ0v) is 16.4. The summed E-state index contributed by atoms with van der Waals surface area (Å²) >= 11 is 0. The number of carboxylic acids is 1. The van der Waals surface area contributed by atoms with Crippen molar-refractivity contribution in [2.75, 3.05) is 0 Å². The second-order valence-corrected chi connectivity index (χ2v) is 7.12. The lowest BCUT2D eigenvalue weighted by atomic mass is 10.1. The van der Waals surface area contributed by atoms with Gasteiger partial charge in [0, 0.05) is 0 Å². The van der Waals surface area contributed by atoms with Gasteiger partial charge in [0.2, 0.25) is 5.91 Å². The molecular weight excluding hydrogens is 368 g/mol. The maximum absolute atomic E-state index is 12.3. The molecule has 0 aliphatic rings. The van der Waals surface area contributed by atoms with Crippen LogP contribution in [0.2, 0.25) is 0 Å². The number of nitrogens with one attached hydrogen (secondary N) is 2. The van der Waals surface area contributed by atoms with E-state index in [1.807, 2.05) is 6.07 Å². The van der Waals surface area contributed by atoms with Gasteiger partial charge in [-0.1, -0.05) is 30.3 Å². The molecule has 3 N–H and O–H groups in total. The molecule has 9 nitrogen and oxygen atoms in total. The molecule has 1 aromatic rings. The topological polar surface area (TPSA) is 131 Å². The molecule has 0 radical (unpaired) electrons. The number of esters is 1. The van der Waals surface area contributed by atoms with Crippen molar-refractivity contribution in [2.45, 2.75) is 58.4 Å². The first-order chi connectivity index (χ1) is 13.0. The van der Waals surface area contributed by atoms with E-state index in [9.17, 15) is 19.2 Å². The molecule has 0 fully saturated rings. The fourth-order valence-corrected chi connectivity index (χ4v) is 2.02. The van der Waals surface area contributed by atoms with E-state index in [-0.39, 0.29) is 6.61 Å². The van der Waals surface area contributed by atoms with Crippen molar-refractivity contribution in [3.63, 3.8) is 0 Å². The van der Waals surface area contributed by atoms with Crippen molar-refractivity contribution < 1.29 is 33.8 Å². The Balaban J connectivity index is 2.73. The molecule has 154 valence electrons. The minimum atomic E-state index is -1.33. The molecule has 0 heterocycles. The number of carbonyl (C=O) groups is 4. The Morgan fingerprint density at radius 3 is 2.21 bits per heavy atom. The van der Waals surface area contributed by atoms with Gasteiger partial charge in [0.15, 0.2) is 0 Å². The van der Waals surface area contributed by atoms with Crippen LogP contribution in [-0.2, 0) is 30.5 Å². The second-order valence-electron chi connectivity index (χ2n) is 7.12. The van der Waals surface area contributed by atoms with E-state index >= 15 is 0 Å². The summed E-state index contributed by atoms with van der Waals surface area (Å²) in [6.07, 6.45) is -1.40. The zero-order chi connectivity index (χ0) is 21.3. The first kappa shape index (κ1) is 22.9. The quantitative estimate of drug-likeness (QED) is 0.571. The van der Waals surface area contributed by atoms with Crippen LogP contribution in [0.5, 0.6) is 0 Å². The Morgan fingerprint density at radius 1 is 1.07 bits per heavy atom. The van der Waals surface area contributed by atoms with Gasteiger partial charge in [-0.25, -0.2) is 9.59 Å². The molecule has 0 spiro atoms. The molecule has 0 bridgehead atoms. The van der Waals surface area contributed by atoms with Gasteiger partial charge in [0.05, 0.1) is 6.42 Å². The van der Waals surface area contributed by atoms with E-state index in [1.165, 1.54) is 6.92 Å². The third-order valence-electron chi connectivity index (χ3n) is 3.33. The molecule has 2 unspecified atom stereocenters. The first-order valence-corrected chi connectivity index (χ1v) is 8.70. The number of carboxylic acid groups (broad SMARTS) is 1. The number of hydrogen-bond donors (Lipinski definition) is 3. The third kappa shape index (κ3) is 9.02. The SMILES string of the molecule is CC(NC(=O)CC(NC(=O)OCc1ccccc1)C(=O)OC(C)(C)C)C(=O)O. The van der Waals surface area contributed by atoms with Gasteiger partial charge in [-0.05, 0) is 33.3 Å². The van der Waals surface area contributed by atoms with Crippen LogP contribution < -0.4 is 10.6 Å². The summed E-state index contributed by atoms with van der Waals surface area (Å²) in [5.41, 5.74) is -0.0880. The van der Waals surface area contributed by atoms with E-state index in [2.05, 4.69) is 10.6 Å². The number of ether oxygens (including phenoxy) is 2. The van der Waals surface area contributed by atoms with E-state index in [4.69, 9.17) is 14.6 Å². The number of benzene rings is 1. The molecule has 9 heteroatoms. The number of alkyl carbamates (subject to hydrolysis) is 1. The van der Waals surface area contributed by atoms with Crippen molar-refractivity contribution in [3.8, 4) is 0 Å². The summed E-state index contributed by atoms with van der Waals surface area (Å²) in [7, 11) is 0. The molecule has 2 atom stereocenters. The summed E-state index contributed by atoms with van der Waals surface area (Å²) in [6, 6.07) is 6.44. The Bertz CT molecular complexity index is 698. The highest BCUT2D eigenvalue weighted by Gasteiger charge is 2.30. The highest BCUT2D eigenvalue weighted by atomic mass is 16.6. The molecule has 1 aromatic carbocycles. The average Bonchev–Trinajstić information content (AvgIpc) is 2.58. The molecule has 0 aliphatic heterocycles. The lowest BCUT2D eigenvalue weighted by molar-refractivity contribution is -0.158. The molecule has 28 heavy (non-hydrogen) atoms. The maximum Gasteiger partial charge on any atom is 0.408 e. The normalized spacial score (nSPS) is 13.0. The Labute approximate surface area is 163 Å². The van der Waals surface area contributed by atoms with Gasteiger partial charge in [-0.15, -0.1) is 0 Å². The first-order valence-electron chi connectivity index (χ1n) is 8.70. The number of hydrogen-bond acceptors (Lipinski definition) is 6. The Morgan fingerprint density at radius 2 is 1.68 bits per heavy atom. The minimum absolute atomic E-state index is 0.0179. The predicted molar refractivity (Wildman–Crippen MR) is 99.3 cm³/mol. The highest BCUT2D eigenvalue weighted by Crippen LogP contribution is 2.10. The van der Waals surface area contributed by atoms with Gasteiger partial charge in [-0.2, -0.15) is 0 Å². The van der Waals surface area contributed by atoms with Crippen molar-refractivity contribution in [1.82, 2.24) is 10.6 Å². The van der Waals surface area contributed by atoms with Crippen LogP contribution in [0.3, 0.4) is 0 Å². The largest absolute Gasteiger partial charge is 0.480 e. The number of amides is 2. The van der Waals surface area contributed by atoms with Crippen LogP contribution in [0, 0.1) is 0 Å². The fourth-order valence-electron chi connectivity index (χ4n) is 2.02. The number of rotatable bonds is 8. The standard InChI is InChI=1S/C19H26N2O7/c1-12(16(23)24)20-15(22)10-14(17(25)28-19(2,3)4)21-18(26)27-11-13-8-6-5-7-9-13/h5-9,12,14H,10-11H2,1-4H3,(H,20,22)(H,21,26)(H,23,24). The van der Waals surface area contributed by atoms with Gasteiger partial charge in [-0.3, -0.25) is 9.59 Å². The summed E-state index contributed by atoms with van der Waals surface area (Å²) in [6.45, 7) is 6.19. The fraction of sp³-hybridized carbons (Fsp3) is 0.474. The smallest absolute Gasteiger partial charge is 0.408 e. The lowest BCUT2D eigenvalue weighted by Crippen LogP contribution is -2.48. The Hall–Kier alpha value is -3.10. The molecule has 0 aliphatic carbocycles. The van der Waals surface area contributed by atoms with E-state index in [0.29, 0.717) is 0 Å². The molecule has 0 saturated heterocycles. The van der Waals surface area contributed by atoms with Crippen LogP contribution in [0.1, 0.15) is 39.7 Å². The number of aliphatic carboxylic acids is 1. The van der Waals surface area contributed by atoms with Crippen molar-refractivity contribution >= 4 is 23.9 Å². The summed E-state index contributed by atoms with van der Waals surface area (Å²) in [5.74, 6) is -2.78. The summed E-state index contributed by atoms with van der Waals surface area (Å²) < 4.78 is 10.3. The third-order valence-corrected chi connectivity index (χ3v) is 3.33. The minimum Gasteiger partial charge on any atom is -0.480 e. The van der Waals surface area contributed by atoms with Crippen molar-refractivity contribution in [2.24, 2.45) is 0 Å². The van der Waals surface area contributed by atoms with Crippen molar-refractivity contribution in [3.05, 3.63) is 35.9 Å². The molecular formula is C19H26N2O7. The average molecular weight is 394 g/mol. The van der Waals surface area contributed by atoms with Crippen LogP contribution in [0.25, 0.3) is 0 Å². The second kappa shape index (κ2) is 10.3. The van der Waals surface area contributed by atoms with E-state index in [1.54, 1.807) is 45.0 Å². The van der Waals surface area contributed by atoms with Crippen LogP contribution in [0.4, 0.5) is 4.79 Å². The van der Waals surface area contributed by atoms with Gasteiger partial charge in [0.25, 0.3) is 0 Å². The van der Waals surface area contributed by atoms with E-state index in [0.717, 1.165) is 5.56 Å². The molecule has 2 amide bonds. The molecule has 0 aromatic heterocycles. The number of carbonyl (C=O) groups excluding carboxylic acids is 3. The monoisotopic (exact) mass is 394 g/mol.